The molecule has 1 aliphatic rings. The summed E-state index contributed by atoms with van der Waals surface area (Å²) in [6.45, 7) is 0. The summed E-state index contributed by atoms with van der Waals surface area (Å²) >= 11 is 0.736. The lowest BCUT2D eigenvalue weighted by Gasteiger charge is -2.25. The number of halogens is 1. The number of nitrogens with zero attached hydrogens (tertiary/aromatic N) is 1. The Balaban J connectivity index is 1.90. The van der Waals surface area contributed by atoms with E-state index in [1.54, 1.807) is 0 Å². The molecule has 7 nitrogen and oxygen atoms in total. The number of hydrogen-bond acceptors (Lipinski definition) is 5. The van der Waals surface area contributed by atoms with Crippen LogP contribution < -0.4 is 11.1 Å². The van der Waals surface area contributed by atoms with E-state index in [1.165, 1.54) is 35.6 Å². The minimum Gasteiger partial charge on any atom is -0.366 e. The van der Waals surface area contributed by atoms with Gasteiger partial charge in [0.05, 0.1) is 11.1 Å². The number of nitrogens with two attached hydrogens (primary N) is 1. The second-order valence-electron chi connectivity index (χ2n) is 7.27. The SMILES string of the molecule is CN(C1CCCCCC1)S(=O)(=O)c1cc(C(N)=O)c(NC(=O)c2ccccc2F)s1. The van der Waals surface area contributed by atoms with Crippen molar-refractivity contribution in [3.8, 4) is 0 Å². The van der Waals surface area contributed by atoms with Gasteiger partial charge in [-0.25, -0.2) is 12.8 Å². The van der Waals surface area contributed by atoms with Crippen LogP contribution >= 0.6 is 11.3 Å². The number of nitrogens with one attached hydrogen (secondary N) is 1. The van der Waals surface area contributed by atoms with E-state index >= 15 is 0 Å². The third kappa shape index (κ3) is 4.71. The Morgan fingerprint density at radius 3 is 2.37 bits per heavy atom. The van der Waals surface area contributed by atoms with Crippen molar-refractivity contribution in [3.05, 3.63) is 47.3 Å². The normalized spacial score (nSPS) is 15.7. The summed E-state index contributed by atoms with van der Waals surface area (Å²) in [4.78, 5) is 24.3. The van der Waals surface area contributed by atoms with E-state index in [1.807, 2.05) is 0 Å². The fourth-order valence-corrected chi connectivity index (χ4v) is 6.52. The van der Waals surface area contributed by atoms with Crippen molar-refractivity contribution in [2.45, 2.75) is 48.8 Å². The van der Waals surface area contributed by atoms with Gasteiger partial charge in [-0.1, -0.05) is 37.8 Å². The largest absolute Gasteiger partial charge is 0.366 e. The van der Waals surface area contributed by atoms with Gasteiger partial charge in [-0.05, 0) is 31.0 Å². The first-order chi connectivity index (χ1) is 14.2. The maximum atomic E-state index is 13.9. The van der Waals surface area contributed by atoms with Gasteiger partial charge in [0.15, 0.2) is 0 Å². The summed E-state index contributed by atoms with van der Waals surface area (Å²) in [6, 6.07) is 6.43. The maximum Gasteiger partial charge on any atom is 0.259 e. The molecule has 10 heteroatoms. The number of rotatable bonds is 6. The molecule has 1 aliphatic carbocycles. The fourth-order valence-electron chi connectivity index (χ4n) is 3.55. The number of anilines is 1. The molecule has 30 heavy (non-hydrogen) atoms. The van der Waals surface area contributed by atoms with Gasteiger partial charge in [-0.3, -0.25) is 9.59 Å². The van der Waals surface area contributed by atoms with Crippen molar-refractivity contribution < 1.29 is 22.4 Å². The van der Waals surface area contributed by atoms with Crippen molar-refractivity contribution in [3.63, 3.8) is 0 Å². The standard InChI is InChI=1S/C20H24FN3O4S2/c1-24(13-8-4-2-3-5-9-13)30(27,28)17-12-15(18(22)25)20(29-17)23-19(26)14-10-6-7-11-16(14)21/h6-7,10-13H,2-5,8-9H2,1H3,(H2,22,25)(H,23,26). The smallest absolute Gasteiger partial charge is 0.259 e. The van der Waals surface area contributed by atoms with Crippen LogP contribution in [0.1, 0.15) is 59.2 Å². The molecule has 0 aliphatic heterocycles. The van der Waals surface area contributed by atoms with Crippen molar-refractivity contribution >= 4 is 38.2 Å². The topological polar surface area (TPSA) is 110 Å². The van der Waals surface area contributed by atoms with Crippen LogP contribution in [0.25, 0.3) is 0 Å². The van der Waals surface area contributed by atoms with Gasteiger partial charge < -0.3 is 11.1 Å². The highest BCUT2D eigenvalue weighted by molar-refractivity contribution is 7.91. The van der Waals surface area contributed by atoms with E-state index in [4.69, 9.17) is 5.73 Å². The summed E-state index contributed by atoms with van der Waals surface area (Å²) in [5.41, 5.74) is 5.04. The molecule has 0 radical (unpaired) electrons. The van der Waals surface area contributed by atoms with Gasteiger partial charge in [0.1, 0.15) is 15.0 Å². The number of amides is 2. The lowest BCUT2D eigenvalue weighted by Crippen LogP contribution is -2.36. The zero-order valence-electron chi connectivity index (χ0n) is 16.6. The third-order valence-corrected chi connectivity index (χ3v) is 8.70. The van der Waals surface area contributed by atoms with Crippen molar-refractivity contribution in [2.24, 2.45) is 5.73 Å². The Morgan fingerprint density at radius 2 is 1.77 bits per heavy atom. The highest BCUT2D eigenvalue weighted by Gasteiger charge is 2.32. The highest BCUT2D eigenvalue weighted by atomic mass is 32.2. The molecule has 1 heterocycles. The third-order valence-electron chi connectivity index (χ3n) is 5.29. The second kappa shape index (κ2) is 9.23. The molecule has 0 atom stereocenters. The van der Waals surface area contributed by atoms with Crippen LogP contribution in [-0.4, -0.2) is 37.6 Å². The quantitative estimate of drug-likeness (QED) is 0.652. The molecule has 162 valence electrons. The van der Waals surface area contributed by atoms with Crippen LogP contribution in [0, 0.1) is 5.82 Å². The molecule has 1 aromatic heterocycles. The molecule has 0 spiro atoms. The van der Waals surface area contributed by atoms with E-state index in [0.717, 1.165) is 55.9 Å². The van der Waals surface area contributed by atoms with Gasteiger partial charge in [0.2, 0.25) is 0 Å². The Hall–Kier alpha value is -2.30. The van der Waals surface area contributed by atoms with Gasteiger partial charge >= 0.3 is 0 Å². The molecule has 3 N–H and O–H groups in total. The van der Waals surface area contributed by atoms with E-state index < -0.39 is 27.7 Å². The first-order valence-corrected chi connectivity index (χ1v) is 11.9. The zero-order valence-corrected chi connectivity index (χ0v) is 18.2. The van der Waals surface area contributed by atoms with Crippen LogP contribution in [0.3, 0.4) is 0 Å². The first-order valence-electron chi connectivity index (χ1n) is 9.69. The van der Waals surface area contributed by atoms with Gasteiger partial charge in [-0.2, -0.15) is 4.31 Å². The van der Waals surface area contributed by atoms with Gasteiger partial charge in [0.25, 0.3) is 21.8 Å². The number of primary amides is 1. The lowest BCUT2D eigenvalue weighted by atomic mass is 10.1. The molecule has 1 saturated carbocycles. The summed E-state index contributed by atoms with van der Waals surface area (Å²) in [6.07, 6.45) is 5.65. The predicted molar refractivity (Wildman–Crippen MR) is 114 cm³/mol. The van der Waals surface area contributed by atoms with Gasteiger partial charge in [-0.15, -0.1) is 11.3 Å². The van der Waals surface area contributed by atoms with Crippen molar-refractivity contribution in [1.82, 2.24) is 4.31 Å². The number of carbonyl (C=O) groups excluding carboxylic acids is 2. The van der Waals surface area contributed by atoms with Crippen LogP contribution in [0.15, 0.2) is 34.5 Å². The van der Waals surface area contributed by atoms with E-state index in [-0.39, 0.29) is 26.4 Å². The zero-order chi connectivity index (χ0) is 21.9. The number of carbonyl (C=O) groups is 2. The highest BCUT2D eigenvalue weighted by Crippen LogP contribution is 2.35. The summed E-state index contributed by atoms with van der Waals surface area (Å²) in [5.74, 6) is -2.40. The fraction of sp³-hybridized carbons (Fsp3) is 0.400. The Bertz CT molecular complexity index is 1040. The molecule has 1 aromatic carbocycles. The second-order valence-corrected chi connectivity index (χ2v) is 10.5. The van der Waals surface area contributed by atoms with Crippen LogP contribution in [0.2, 0.25) is 0 Å². The molecule has 2 aromatic rings. The van der Waals surface area contributed by atoms with Gasteiger partial charge in [0, 0.05) is 13.1 Å². The molecular formula is C20H24FN3O4S2. The van der Waals surface area contributed by atoms with Crippen LogP contribution in [-0.2, 0) is 10.0 Å². The minimum atomic E-state index is -3.88. The Kier molecular flexibility index (Phi) is 6.89. The molecule has 2 amide bonds. The number of benzene rings is 1. The molecule has 0 bridgehead atoms. The molecule has 0 unspecified atom stereocenters. The lowest BCUT2D eigenvalue weighted by molar-refractivity contribution is 0.100. The molecule has 3 rings (SSSR count). The first kappa shape index (κ1) is 22.4. The minimum absolute atomic E-state index is 0.0244. The van der Waals surface area contributed by atoms with E-state index in [9.17, 15) is 22.4 Å². The van der Waals surface area contributed by atoms with Crippen LogP contribution in [0.4, 0.5) is 9.39 Å². The van der Waals surface area contributed by atoms with Crippen molar-refractivity contribution in [1.29, 1.82) is 0 Å². The predicted octanol–water partition coefficient (Wildman–Crippen LogP) is 3.58. The van der Waals surface area contributed by atoms with Crippen molar-refractivity contribution in [2.75, 3.05) is 12.4 Å². The maximum absolute atomic E-state index is 13.9. The summed E-state index contributed by atoms with van der Waals surface area (Å²) in [7, 11) is -2.35. The van der Waals surface area contributed by atoms with E-state index in [2.05, 4.69) is 5.32 Å². The molecule has 0 saturated heterocycles. The summed E-state index contributed by atoms with van der Waals surface area (Å²) in [5, 5.41) is 2.40. The summed E-state index contributed by atoms with van der Waals surface area (Å²) < 4.78 is 41.4. The Morgan fingerprint density at radius 1 is 1.13 bits per heavy atom. The molecular weight excluding hydrogens is 429 g/mol. The van der Waals surface area contributed by atoms with E-state index in [0.29, 0.717) is 0 Å². The number of sulfonamides is 1. The average Bonchev–Trinajstić information content (AvgIpc) is 2.95. The molecule has 1 fully saturated rings. The number of hydrogen-bond donors (Lipinski definition) is 2. The number of thiophene rings is 1. The Labute approximate surface area is 179 Å². The van der Waals surface area contributed by atoms with Crippen LogP contribution in [0.5, 0.6) is 0 Å². The monoisotopic (exact) mass is 453 g/mol. The average molecular weight is 454 g/mol.